The van der Waals surface area contributed by atoms with Gasteiger partial charge in [-0.2, -0.15) is 0 Å². The van der Waals surface area contributed by atoms with Gasteiger partial charge in [0.2, 0.25) is 5.89 Å². The molecule has 0 aliphatic rings. The Balaban J connectivity index is 1.23. The number of hydrogen-bond donors (Lipinski definition) is 0. The molecule has 0 saturated heterocycles. The number of fused-ring (bicyclic) bond motifs is 7. The molecule has 6 heteroatoms. The van der Waals surface area contributed by atoms with E-state index in [1.54, 1.807) is 0 Å². The Morgan fingerprint density at radius 3 is 1.82 bits per heavy atom. The van der Waals surface area contributed by atoms with Gasteiger partial charge in [-0.3, -0.25) is 0 Å². The first-order valence-corrected chi connectivity index (χ1v) is 19.1. The largest absolute Gasteiger partial charge is 0.454 e. The molecule has 8 aromatic carbocycles. The Kier molecular flexibility index (Phi) is 7.28. The van der Waals surface area contributed by atoms with Gasteiger partial charge in [0.25, 0.3) is 0 Å². The Bertz CT molecular complexity index is 3170. The summed E-state index contributed by atoms with van der Waals surface area (Å²) in [6, 6.07) is 65.3. The third kappa shape index (κ3) is 5.18. The van der Waals surface area contributed by atoms with Crippen molar-refractivity contribution in [2.75, 3.05) is 9.80 Å². The normalized spacial score (nSPS) is 11.6. The lowest BCUT2D eigenvalue weighted by Crippen LogP contribution is -2.14. The predicted molar refractivity (Wildman–Crippen MR) is 229 cm³/mol. The second-order valence-electron chi connectivity index (χ2n) is 13.5. The van der Waals surface area contributed by atoms with Crippen molar-refractivity contribution in [1.29, 1.82) is 0 Å². The molecule has 0 atom stereocenters. The van der Waals surface area contributed by atoms with Gasteiger partial charge in [-0.05, 0) is 72.8 Å². The number of furan rings is 1. The summed E-state index contributed by atoms with van der Waals surface area (Å²) in [4.78, 5) is 9.80. The molecule has 0 saturated carbocycles. The van der Waals surface area contributed by atoms with Gasteiger partial charge in [0.15, 0.2) is 11.2 Å². The number of anilines is 6. The maximum atomic E-state index is 6.85. The first kappa shape index (κ1) is 31.4. The Morgan fingerprint density at radius 2 is 1.04 bits per heavy atom. The Hall–Kier alpha value is -7.15. The van der Waals surface area contributed by atoms with E-state index in [4.69, 9.17) is 13.8 Å². The van der Waals surface area contributed by atoms with Gasteiger partial charge in [0, 0.05) is 43.2 Å². The molecule has 0 unspecified atom stereocenters. The maximum Gasteiger partial charge on any atom is 0.227 e. The molecule has 3 heterocycles. The number of aromatic nitrogens is 1. The van der Waals surface area contributed by atoms with Gasteiger partial charge in [0.1, 0.15) is 11.1 Å². The van der Waals surface area contributed by atoms with Crippen molar-refractivity contribution in [2.24, 2.45) is 0 Å². The smallest absolute Gasteiger partial charge is 0.227 e. The second kappa shape index (κ2) is 12.8. The van der Waals surface area contributed by atoms with Gasteiger partial charge in [-0.1, -0.05) is 115 Å². The number of nitrogens with zero attached hydrogens (tertiary/aromatic N) is 3. The van der Waals surface area contributed by atoms with E-state index in [1.807, 2.05) is 59.9 Å². The van der Waals surface area contributed by atoms with E-state index < -0.39 is 0 Å². The summed E-state index contributed by atoms with van der Waals surface area (Å²) in [5.41, 5.74) is 9.79. The zero-order chi connectivity index (χ0) is 36.3. The lowest BCUT2D eigenvalue weighted by molar-refractivity contribution is 0.620. The van der Waals surface area contributed by atoms with E-state index in [2.05, 4.69) is 149 Å². The minimum absolute atomic E-state index is 0.563. The molecule has 0 aliphatic heterocycles. The highest BCUT2D eigenvalue weighted by molar-refractivity contribution is 7.26. The fourth-order valence-corrected chi connectivity index (χ4v) is 9.01. The molecule has 11 rings (SSSR count). The summed E-state index contributed by atoms with van der Waals surface area (Å²) < 4.78 is 16.0. The fourth-order valence-electron chi connectivity index (χ4n) is 7.81. The van der Waals surface area contributed by atoms with Crippen molar-refractivity contribution < 1.29 is 8.83 Å². The molecule has 11 aromatic rings. The van der Waals surface area contributed by atoms with Crippen LogP contribution in [-0.2, 0) is 0 Å². The van der Waals surface area contributed by atoms with Crippen LogP contribution in [0.5, 0.6) is 0 Å². The summed E-state index contributed by atoms with van der Waals surface area (Å²) in [7, 11) is 0. The van der Waals surface area contributed by atoms with E-state index >= 15 is 0 Å². The van der Waals surface area contributed by atoms with Crippen molar-refractivity contribution in [2.45, 2.75) is 0 Å². The van der Waals surface area contributed by atoms with Crippen molar-refractivity contribution in [3.8, 4) is 11.5 Å². The molecule has 0 N–H and O–H groups in total. The van der Waals surface area contributed by atoms with Crippen LogP contribution in [-0.4, -0.2) is 4.98 Å². The molecule has 5 nitrogen and oxygen atoms in total. The minimum Gasteiger partial charge on any atom is -0.454 e. The molecular weight excluding hydrogens is 695 g/mol. The summed E-state index contributed by atoms with van der Waals surface area (Å²) in [6.45, 7) is 0. The summed E-state index contributed by atoms with van der Waals surface area (Å²) in [5.74, 6) is 0.563. The molecule has 0 bridgehead atoms. The Morgan fingerprint density at radius 1 is 0.418 bits per heavy atom. The van der Waals surface area contributed by atoms with E-state index in [0.717, 1.165) is 67.1 Å². The van der Waals surface area contributed by atoms with Gasteiger partial charge >= 0.3 is 0 Å². The van der Waals surface area contributed by atoms with Crippen LogP contribution in [0.4, 0.5) is 34.1 Å². The van der Waals surface area contributed by atoms with E-state index in [0.29, 0.717) is 11.5 Å². The van der Waals surface area contributed by atoms with Crippen LogP contribution in [0.1, 0.15) is 0 Å². The fraction of sp³-hybridized carbons (Fsp3) is 0. The molecule has 260 valence electrons. The number of benzene rings is 8. The first-order chi connectivity index (χ1) is 27.3. The number of oxazole rings is 1. The van der Waals surface area contributed by atoms with E-state index in [9.17, 15) is 0 Å². The van der Waals surface area contributed by atoms with Crippen LogP contribution >= 0.6 is 11.3 Å². The van der Waals surface area contributed by atoms with E-state index in [-0.39, 0.29) is 0 Å². The molecule has 55 heavy (non-hydrogen) atoms. The predicted octanol–water partition coefficient (Wildman–Crippen LogP) is 14.7. The second-order valence-corrected chi connectivity index (χ2v) is 14.6. The van der Waals surface area contributed by atoms with Gasteiger partial charge in [-0.15, -0.1) is 11.3 Å². The van der Waals surface area contributed by atoms with Gasteiger partial charge in [0.05, 0.1) is 27.4 Å². The number of para-hydroxylation sites is 4. The van der Waals surface area contributed by atoms with Gasteiger partial charge < -0.3 is 18.6 Å². The first-order valence-electron chi connectivity index (χ1n) is 18.3. The third-order valence-electron chi connectivity index (χ3n) is 10.3. The molecule has 0 spiro atoms. The Labute approximate surface area is 320 Å². The van der Waals surface area contributed by atoms with Crippen molar-refractivity contribution in [3.05, 3.63) is 188 Å². The topological polar surface area (TPSA) is 45.7 Å². The monoisotopic (exact) mass is 725 g/mol. The highest BCUT2D eigenvalue weighted by Gasteiger charge is 2.27. The summed E-state index contributed by atoms with van der Waals surface area (Å²) >= 11 is 1.81. The molecule has 3 aromatic heterocycles. The average molecular weight is 726 g/mol. The van der Waals surface area contributed by atoms with Crippen molar-refractivity contribution in [1.82, 2.24) is 4.98 Å². The molecular formula is C49H31N3O2S. The van der Waals surface area contributed by atoms with Crippen LogP contribution < -0.4 is 9.80 Å². The molecule has 0 radical (unpaired) electrons. The van der Waals surface area contributed by atoms with Crippen LogP contribution in [0.25, 0.3) is 64.7 Å². The zero-order valence-electron chi connectivity index (χ0n) is 29.5. The average Bonchev–Trinajstić information content (AvgIpc) is 3.97. The SMILES string of the molecule is c1ccc(-c2nc3cc(N(c4ccccc4)c4cccc5c4oc4ccccc45)cc(N(c4ccccc4)c4cccc5c4sc4ccccc45)c3o2)cc1. The van der Waals surface area contributed by atoms with Crippen LogP contribution in [0.15, 0.2) is 197 Å². The highest BCUT2D eigenvalue weighted by Crippen LogP contribution is 2.50. The standard InChI is InChI=1S/C49H31N3O2S/c1-4-16-32(17-5-1)49-50-40-30-35(51(33-18-6-2-7-19-33)41-26-14-24-38-36-22-10-12-28-44(36)53-46(38)41)31-43(47(40)54-49)52(34-20-8-3-9-21-34)42-27-15-25-39-37-23-11-13-29-45(37)55-48(39)42/h1-31H. The quantitative estimate of drug-likeness (QED) is 0.164. The van der Waals surface area contributed by atoms with Crippen molar-refractivity contribution in [3.63, 3.8) is 0 Å². The zero-order valence-corrected chi connectivity index (χ0v) is 30.3. The van der Waals surface area contributed by atoms with Gasteiger partial charge in [-0.25, -0.2) is 4.98 Å². The van der Waals surface area contributed by atoms with Crippen LogP contribution in [0, 0.1) is 0 Å². The number of thiophene rings is 1. The highest BCUT2D eigenvalue weighted by atomic mass is 32.1. The third-order valence-corrected chi connectivity index (χ3v) is 11.5. The summed E-state index contributed by atoms with van der Waals surface area (Å²) in [6.07, 6.45) is 0. The molecule has 0 fully saturated rings. The van der Waals surface area contributed by atoms with Crippen LogP contribution in [0.2, 0.25) is 0 Å². The van der Waals surface area contributed by atoms with E-state index in [1.165, 1.54) is 20.2 Å². The lowest BCUT2D eigenvalue weighted by atomic mass is 10.1. The molecule has 0 amide bonds. The minimum atomic E-state index is 0.563. The lowest BCUT2D eigenvalue weighted by Gasteiger charge is -2.29. The van der Waals surface area contributed by atoms with Crippen molar-refractivity contribution >= 4 is 98.7 Å². The molecule has 0 aliphatic carbocycles. The maximum absolute atomic E-state index is 6.85. The number of rotatable bonds is 7. The summed E-state index contributed by atoms with van der Waals surface area (Å²) in [5, 5.41) is 4.61. The van der Waals surface area contributed by atoms with Crippen LogP contribution in [0.3, 0.4) is 0 Å². The number of hydrogen-bond acceptors (Lipinski definition) is 6.